The highest BCUT2D eigenvalue weighted by molar-refractivity contribution is 5.88. The van der Waals surface area contributed by atoms with Gasteiger partial charge in [-0.25, -0.2) is 0 Å². The van der Waals surface area contributed by atoms with Gasteiger partial charge >= 0.3 is 0 Å². The van der Waals surface area contributed by atoms with Crippen molar-refractivity contribution < 1.29 is 4.74 Å². The third-order valence-electron chi connectivity index (χ3n) is 5.75. The highest BCUT2D eigenvalue weighted by Gasteiger charge is 2.22. The van der Waals surface area contributed by atoms with Gasteiger partial charge in [-0.05, 0) is 74.6 Å². The summed E-state index contributed by atoms with van der Waals surface area (Å²) >= 11 is 0. The van der Waals surface area contributed by atoms with Crippen LogP contribution in [-0.2, 0) is 4.74 Å². The van der Waals surface area contributed by atoms with Gasteiger partial charge in [0, 0.05) is 36.5 Å². The van der Waals surface area contributed by atoms with Crippen molar-refractivity contribution >= 4 is 22.1 Å². The standard InChI is InChI=1S/C22H31N3O/c1-15-13-25(14-16(2)26-15)22-10-4-17-11-21(7-3-18(17)12-22)24-20-8-5-19(23)6-9-20/h3-4,7,10-12,15-16,19-20,24H,5-6,8-9,13-14,23H2,1-2H3. The second kappa shape index (κ2) is 7.45. The van der Waals surface area contributed by atoms with Crippen LogP contribution in [0.15, 0.2) is 36.4 Å². The van der Waals surface area contributed by atoms with Crippen molar-refractivity contribution in [2.75, 3.05) is 23.3 Å². The summed E-state index contributed by atoms with van der Waals surface area (Å²) in [6.07, 6.45) is 5.17. The maximum Gasteiger partial charge on any atom is 0.0726 e. The van der Waals surface area contributed by atoms with Crippen LogP contribution in [0.1, 0.15) is 39.5 Å². The molecule has 140 valence electrons. The van der Waals surface area contributed by atoms with E-state index < -0.39 is 0 Å². The quantitative estimate of drug-likeness (QED) is 0.871. The molecule has 4 nitrogen and oxygen atoms in total. The average molecular weight is 354 g/mol. The van der Waals surface area contributed by atoms with Gasteiger partial charge in [0.1, 0.15) is 0 Å². The molecule has 3 N–H and O–H groups in total. The highest BCUT2D eigenvalue weighted by Crippen LogP contribution is 2.28. The van der Waals surface area contributed by atoms with Crippen LogP contribution in [0.25, 0.3) is 10.8 Å². The highest BCUT2D eigenvalue weighted by atomic mass is 16.5. The Morgan fingerprint density at radius 3 is 2.31 bits per heavy atom. The minimum atomic E-state index is 0.282. The van der Waals surface area contributed by atoms with Gasteiger partial charge < -0.3 is 20.7 Å². The second-order valence-electron chi connectivity index (χ2n) is 8.16. The molecule has 0 spiro atoms. The first-order valence-corrected chi connectivity index (χ1v) is 10.0. The molecular formula is C22H31N3O. The number of nitrogens with one attached hydrogen (secondary N) is 1. The van der Waals surface area contributed by atoms with Gasteiger partial charge in [0.2, 0.25) is 0 Å². The topological polar surface area (TPSA) is 50.5 Å². The number of nitrogens with two attached hydrogens (primary N) is 1. The Morgan fingerprint density at radius 2 is 1.58 bits per heavy atom. The second-order valence-corrected chi connectivity index (χ2v) is 8.16. The Labute approximate surface area is 156 Å². The molecule has 0 aromatic heterocycles. The van der Waals surface area contributed by atoms with Gasteiger partial charge in [0.25, 0.3) is 0 Å². The van der Waals surface area contributed by atoms with Gasteiger partial charge in [0.15, 0.2) is 0 Å². The van der Waals surface area contributed by atoms with E-state index in [9.17, 15) is 0 Å². The van der Waals surface area contributed by atoms with Gasteiger partial charge in [-0.15, -0.1) is 0 Å². The molecule has 1 saturated heterocycles. The zero-order valence-electron chi connectivity index (χ0n) is 15.9. The van der Waals surface area contributed by atoms with Crippen LogP contribution in [0.2, 0.25) is 0 Å². The van der Waals surface area contributed by atoms with Crippen molar-refractivity contribution in [3.63, 3.8) is 0 Å². The smallest absolute Gasteiger partial charge is 0.0726 e. The predicted molar refractivity (Wildman–Crippen MR) is 110 cm³/mol. The fourth-order valence-electron chi connectivity index (χ4n) is 4.41. The number of morpholine rings is 1. The number of ether oxygens (including phenoxy) is 1. The number of benzene rings is 2. The van der Waals surface area contributed by atoms with Gasteiger partial charge in [-0.3, -0.25) is 0 Å². The molecule has 4 heteroatoms. The zero-order valence-corrected chi connectivity index (χ0v) is 15.9. The molecule has 1 saturated carbocycles. The molecule has 2 unspecified atom stereocenters. The minimum absolute atomic E-state index is 0.282. The lowest BCUT2D eigenvalue weighted by molar-refractivity contribution is -0.00521. The number of rotatable bonds is 3. The summed E-state index contributed by atoms with van der Waals surface area (Å²) in [4.78, 5) is 2.44. The van der Waals surface area contributed by atoms with Crippen LogP contribution in [-0.4, -0.2) is 37.4 Å². The Morgan fingerprint density at radius 1 is 0.923 bits per heavy atom. The van der Waals surface area contributed by atoms with Crippen LogP contribution in [0.5, 0.6) is 0 Å². The van der Waals surface area contributed by atoms with Crippen molar-refractivity contribution in [3.8, 4) is 0 Å². The van der Waals surface area contributed by atoms with Crippen LogP contribution >= 0.6 is 0 Å². The van der Waals surface area contributed by atoms with Crippen LogP contribution in [0, 0.1) is 0 Å². The van der Waals surface area contributed by atoms with Crippen molar-refractivity contribution in [1.82, 2.24) is 0 Å². The number of hydrogen-bond acceptors (Lipinski definition) is 4. The van der Waals surface area contributed by atoms with E-state index >= 15 is 0 Å². The molecule has 4 rings (SSSR count). The average Bonchev–Trinajstić information content (AvgIpc) is 2.62. The molecule has 0 radical (unpaired) electrons. The lowest BCUT2D eigenvalue weighted by Crippen LogP contribution is -2.45. The lowest BCUT2D eigenvalue weighted by atomic mass is 9.91. The molecular weight excluding hydrogens is 322 g/mol. The Balaban J connectivity index is 1.49. The molecule has 2 fully saturated rings. The monoisotopic (exact) mass is 353 g/mol. The largest absolute Gasteiger partial charge is 0.382 e. The maximum atomic E-state index is 6.02. The molecule has 1 aliphatic carbocycles. The van der Waals surface area contributed by atoms with Crippen molar-refractivity contribution in [2.24, 2.45) is 5.73 Å². The zero-order chi connectivity index (χ0) is 18.1. The molecule has 2 atom stereocenters. The third-order valence-corrected chi connectivity index (χ3v) is 5.75. The molecule has 0 bridgehead atoms. The summed E-state index contributed by atoms with van der Waals surface area (Å²) in [7, 11) is 0. The number of fused-ring (bicyclic) bond motifs is 1. The number of hydrogen-bond donors (Lipinski definition) is 2. The van der Waals surface area contributed by atoms with E-state index in [1.807, 2.05) is 0 Å². The first-order chi connectivity index (χ1) is 12.6. The molecule has 0 amide bonds. The fraction of sp³-hybridized carbons (Fsp3) is 0.545. The van der Waals surface area contributed by atoms with E-state index in [0.29, 0.717) is 12.1 Å². The van der Waals surface area contributed by atoms with Crippen LogP contribution in [0.3, 0.4) is 0 Å². The predicted octanol–water partition coefficient (Wildman–Crippen LogP) is 4.14. The molecule has 2 aromatic rings. The van der Waals surface area contributed by atoms with Crippen molar-refractivity contribution in [3.05, 3.63) is 36.4 Å². The first-order valence-electron chi connectivity index (χ1n) is 10.0. The van der Waals surface area contributed by atoms with Gasteiger partial charge in [-0.1, -0.05) is 12.1 Å². The third kappa shape index (κ3) is 3.97. The van der Waals surface area contributed by atoms with E-state index in [0.717, 1.165) is 25.9 Å². The molecule has 2 aliphatic rings. The summed E-state index contributed by atoms with van der Waals surface area (Å²) < 4.78 is 5.86. The lowest BCUT2D eigenvalue weighted by Gasteiger charge is -2.37. The van der Waals surface area contributed by atoms with E-state index in [4.69, 9.17) is 10.5 Å². The summed E-state index contributed by atoms with van der Waals surface area (Å²) in [5, 5.41) is 6.29. The fourth-order valence-corrected chi connectivity index (χ4v) is 4.41. The van der Waals surface area contributed by atoms with E-state index in [2.05, 4.69) is 60.5 Å². The van der Waals surface area contributed by atoms with E-state index in [1.54, 1.807) is 0 Å². The number of anilines is 2. The molecule has 1 aliphatic heterocycles. The summed E-state index contributed by atoms with van der Waals surface area (Å²) in [5.41, 5.74) is 8.53. The molecule has 2 aromatic carbocycles. The van der Waals surface area contributed by atoms with Crippen LogP contribution in [0.4, 0.5) is 11.4 Å². The Bertz CT molecular complexity index is 744. The SMILES string of the molecule is CC1CN(c2ccc3cc(NC4CCC(N)CC4)ccc3c2)CC(C)O1. The first kappa shape index (κ1) is 17.6. The number of nitrogens with zero attached hydrogens (tertiary/aromatic N) is 1. The summed E-state index contributed by atoms with van der Waals surface area (Å²) in [5.74, 6) is 0. The van der Waals surface area contributed by atoms with Crippen molar-refractivity contribution in [2.45, 2.75) is 63.8 Å². The van der Waals surface area contributed by atoms with Crippen molar-refractivity contribution in [1.29, 1.82) is 0 Å². The van der Waals surface area contributed by atoms with E-state index in [-0.39, 0.29) is 12.2 Å². The summed E-state index contributed by atoms with van der Waals surface area (Å²) in [6, 6.07) is 14.5. The normalized spacial score (nSPS) is 29.7. The molecule has 26 heavy (non-hydrogen) atoms. The molecule has 1 heterocycles. The van der Waals surface area contributed by atoms with Crippen LogP contribution < -0.4 is 16.0 Å². The van der Waals surface area contributed by atoms with Gasteiger partial charge in [0.05, 0.1) is 12.2 Å². The Kier molecular flexibility index (Phi) is 5.05. The van der Waals surface area contributed by atoms with E-state index in [1.165, 1.54) is 35.0 Å². The Hall–Kier alpha value is -1.78. The summed E-state index contributed by atoms with van der Waals surface area (Å²) in [6.45, 7) is 6.22. The van der Waals surface area contributed by atoms with Gasteiger partial charge in [-0.2, -0.15) is 0 Å². The minimum Gasteiger partial charge on any atom is -0.382 e. The maximum absolute atomic E-state index is 6.02.